The number of aromatic nitrogens is 2. The van der Waals surface area contributed by atoms with Crippen molar-refractivity contribution in [2.75, 3.05) is 13.1 Å². The molecule has 1 unspecified atom stereocenters. The van der Waals surface area contributed by atoms with Crippen LogP contribution in [0, 0.1) is 6.92 Å². The number of hydrogen-bond donors (Lipinski definition) is 1. The standard InChI is InChI=1S/C11H21N3/c1-4-6-12-7-5-11(3)14-9-10(2)8-13-14/h8-9,11-12H,4-7H2,1-3H3. The van der Waals surface area contributed by atoms with Gasteiger partial charge in [-0.15, -0.1) is 0 Å². The molecule has 0 amide bonds. The van der Waals surface area contributed by atoms with E-state index in [0.717, 1.165) is 19.5 Å². The monoisotopic (exact) mass is 195 g/mol. The van der Waals surface area contributed by atoms with Gasteiger partial charge in [-0.25, -0.2) is 0 Å². The Morgan fingerprint density at radius 2 is 2.29 bits per heavy atom. The minimum absolute atomic E-state index is 0.494. The van der Waals surface area contributed by atoms with Gasteiger partial charge in [0.2, 0.25) is 0 Å². The summed E-state index contributed by atoms with van der Waals surface area (Å²) >= 11 is 0. The molecule has 3 nitrogen and oxygen atoms in total. The van der Waals surface area contributed by atoms with E-state index in [2.05, 4.69) is 37.4 Å². The number of rotatable bonds is 6. The Bertz CT molecular complexity index is 255. The topological polar surface area (TPSA) is 29.9 Å². The molecule has 1 aromatic heterocycles. The third kappa shape index (κ3) is 3.50. The fourth-order valence-electron chi connectivity index (χ4n) is 1.42. The zero-order valence-electron chi connectivity index (χ0n) is 9.45. The van der Waals surface area contributed by atoms with Crippen LogP contribution in [0.4, 0.5) is 0 Å². The highest BCUT2D eigenvalue weighted by Crippen LogP contribution is 2.09. The highest BCUT2D eigenvalue weighted by atomic mass is 15.3. The zero-order valence-corrected chi connectivity index (χ0v) is 9.45. The van der Waals surface area contributed by atoms with Crippen LogP contribution in [0.15, 0.2) is 12.4 Å². The van der Waals surface area contributed by atoms with E-state index in [1.54, 1.807) is 0 Å². The van der Waals surface area contributed by atoms with Crippen molar-refractivity contribution in [3.63, 3.8) is 0 Å². The van der Waals surface area contributed by atoms with E-state index < -0.39 is 0 Å². The summed E-state index contributed by atoms with van der Waals surface area (Å²) in [6.45, 7) is 8.66. The number of nitrogens with one attached hydrogen (secondary N) is 1. The van der Waals surface area contributed by atoms with Gasteiger partial charge in [0.1, 0.15) is 0 Å². The molecule has 1 rings (SSSR count). The van der Waals surface area contributed by atoms with Crippen LogP contribution in [0.5, 0.6) is 0 Å². The second-order valence-electron chi connectivity index (χ2n) is 3.89. The number of aryl methyl sites for hydroxylation is 1. The van der Waals surface area contributed by atoms with Gasteiger partial charge in [-0.2, -0.15) is 5.10 Å². The predicted molar refractivity (Wildman–Crippen MR) is 59.5 cm³/mol. The summed E-state index contributed by atoms with van der Waals surface area (Å²) in [6, 6.07) is 0.494. The van der Waals surface area contributed by atoms with Crippen LogP contribution in [0.1, 0.15) is 38.3 Å². The van der Waals surface area contributed by atoms with E-state index in [4.69, 9.17) is 0 Å². The fraction of sp³-hybridized carbons (Fsp3) is 0.727. The second kappa shape index (κ2) is 5.81. The molecule has 1 atom stereocenters. The Hall–Kier alpha value is -0.830. The molecular weight excluding hydrogens is 174 g/mol. The Kier molecular flexibility index (Phi) is 4.66. The van der Waals surface area contributed by atoms with Gasteiger partial charge in [0, 0.05) is 6.20 Å². The van der Waals surface area contributed by atoms with Crippen LogP contribution in [-0.2, 0) is 0 Å². The molecule has 0 aliphatic rings. The fourth-order valence-corrected chi connectivity index (χ4v) is 1.42. The van der Waals surface area contributed by atoms with Gasteiger partial charge in [0.05, 0.1) is 12.2 Å². The first-order valence-electron chi connectivity index (χ1n) is 5.45. The van der Waals surface area contributed by atoms with Gasteiger partial charge in [-0.3, -0.25) is 4.68 Å². The van der Waals surface area contributed by atoms with Crippen LogP contribution in [0.3, 0.4) is 0 Å². The van der Waals surface area contributed by atoms with E-state index in [1.165, 1.54) is 12.0 Å². The first kappa shape index (κ1) is 11.2. The number of nitrogens with zero attached hydrogens (tertiary/aromatic N) is 2. The molecule has 0 aromatic carbocycles. The summed E-state index contributed by atoms with van der Waals surface area (Å²) in [7, 11) is 0. The Labute approximate surface area is 86.5 Å². The molecule has 0 radical (unpaired) electrons. The van der Waals surface area contributed by atoms with Gasteiger partial charge < -0.3 is 5.32 Å². The minimum atomic E-state index is 0.494. The van der Waals surface area contributed by atoms with Crippen molar-refractivity contribution in [3.05, 3.63) is 18.0 Å². The average molecular weight is 195 g/mol. The van der Waals surface area contributed by atoms with E-state index in [9.17, 15) is 0 Å². The molecule has 3 heteroatoms. The Balaban J connectivity index is 2.25. The van der Waals surface area contributed by atoms with Crippen molar-refractivity contribution in [2.24, 2.45) is 0 Å². The molecule has 0 saturated heterocycles. The molecular formula is C11H21N3. The summed E-state index contributed by atoms with van der Waals surface area (Å²) < 4.78 is 2.04. The first-order chi connectivity index (χ1) is 6.74. The quantitative estimate of drug-likeness (QED) is 0.705. The predicted octanol–water partition coefficient (Wildman–Crippen LogP) is 2.14. The lowest BCUT2D eigenvalue weighted by atomic mass is 10.2. The van der Waals surface area contributed by atoms with Gasteiger partial charge in [0.15, 0.2) is 0 Å². The van der Waals surface area contributed by atoms with Crippen molar-refractivity contribution < 1.29 is 0 Å². The second-order valence-corrected chi connectivity index (χ2v) is 3.89. The molecule has 1 N–H and O–H groups in total. The minimum Gasteiger partial charge on any atom is -0.317 e. The maximum atomic E-state index is 4.30. The molecule has 0 spiro atoms. The zero-order chi connectivity index (χ0) is 10.4. The highest BCUT2D eigenvalue weighted by molar-refractivity contribution is 5.00. The molecule has 1 heterocycles. The molecule has 0 fully saturated rings. The van der Waals surface area contributed by atoms with Crippen molar-refractivity contribution >= 4 is 0 Å². The molecule has 0 saturated carbocycles. The maximum absolute atomic E-state index is 4.30. The summed E-state index contributed by atoms with van der Waals surface area (Å²) in [6.07, 6.45) is 6.36. The van der Waals surface area contributed by atoms with E-state index >= 15 is 0 Å². The summed E-state index contributed by atoms with van der Waals surface area (Å²) in [5, 5.41) is 7.70. The van der Waals surface area contributed by atoms with Crippen LogP contribution >= 0.6 is 0 Å². The van der Waals surface area contributed by atoms with Crippen molar-refractivity contribution in [2.45, 2.75) is 39.7 Å². The lowest BCUT2D eigenvalue weighted by molar-refractivity contribution is 0.444. The third-order valence-electron chi connectivity index (χ3n) is 2.35. The van der Waals surface area contributed by atoms with Gasteiger partial charge in [-0.1, -0.05) is 6.92 Å². The molecule has 0 aliphatic heterocycles. The molecule has 0 aliphatic carbocycles. The first-order valence-corrected chi connectivity index (χ1v) is 5.45. The van der Waals surface area contributed by atoms with Crippen LogP contribution in [0.25, 0.3) is 0 Å². The lowest BCUT2D eigenvalue weighted by Gasteiger charge is -2.12. The van der Waals surface area contributed by atoms with Gasteiger partial charge in [-0.05, 0) is 45.3 Å². The van der Waals surface area contributed by atoms with E-state index in [1.807, 2.05) is 10.9 Å². The summed E-state index contributed by atoms with van der Waals surface area (Å²) in [5.41, 5.74) is 1.23. The van der Waals surface area contributed by atoms with Crippen molar-refractivity contribution in [1.29, 1.82) is 0 Å². The number of hydrogen-bond acceptors (Lipinski definition) is 2. The smallest absolute Gasteiger partial charge is 0.0519 e. The molecule has 80 valence electrons. The maximum Gasteiger partial charge on any atom is 0.0519 e. The Morgan fingerprint density at radius 1 is 1.50 bits per heavy atom. The molecule has 0 bridgehead atoms. The van der Waals surface area contributed by atoms with Crippen molar-refractivity contribution in [3.8, 4) is 0 Å². The summed E-state index contributed by atoms with van der Waals surface area (Å²) in [4.78, 5) is 0. The van der Waals surface area contributed by atoms with Crippen molar-refractivity contribution in [1.82, 2.24) is 15.1 Å². The van der Waals surface area contributed by atoms with Crippen LogP contribution < -0.4 is 5.32 Å². The summed E-state index contributed by atoms with van der Waals surface area (Å²) in [5.74, 6) is 0. The normalized spacial score (nSPS) is 13.1. The average Bonchev–Trinajstić information content (AvgIpc) is 2.59. The third-order valence-corrected chi connectivity index (χ3v) is 2.35. The van der Waals surface area contributed by atoms with Crippen LogP contribution in [-0.4, -0.2) is 22.9 Å². The van der Waals surface area contributed by atoms with E-state index in [0.29, 0.717) is 6.04 Å². The van der Waals surface area contributed by atoms with Gasteiger partial charge in [0.25, 0.3) is 0 Å². The SMILES string of the molecule is CCCNCCC(C)n1cc(C)cn1. The van der Waals surface area contributed by atoms with Gasteiger partial charge >= 0.3 is 0 Å². The lowest BCUT2D eigenvalue weighted by Crippen LogP contribution is -2.19. The molecule has 1 aromatic rings. The largest absolute Gasteiger partial charge is 0.317 e. The van der Waals surface area contributed by atoms with Crippen LogP contribution in [0.2, 0.25) is 0 Å². The highest BCUT2D eigenvalue weighted by Gasteiger charge is 2.04. The van der Waals surface area contributed by atoms with E-state index in [-0.39, 0.29) is 0 Å². The molecule has 14 heavy (non-hydrogen) atoms. The Morgan fingerprint density at radius 3 is 2.86 bits per heavy atom.